The molecule has 1 fully saturated rings. The summed E-state index contributed by atoms with van der Waals surface area (Å²) in [5.41, 5.74) is 1.17. The lowest BCUT2D eigenvalue weighted by atomic mass is 10.2. The quantitative estimate of drug-likeness (QED) is 0.881. The Hall–Kier alpha value is -0.350. The molecule has 1 aromatic rings. The number of piperazine rings is 1. The van der Waals surface area contributed by atoms with Gasteiger partial charge in [-0.15, -0.1) is 24.8 Å². The third-order valence-corrected chi connectivity index (χ3v) is 2.56. The van der Waals surface area contributed by atoms with E-state index in [-0.39, 0.29) is 24.8 Å². The molecular weight excluding hydrogens is 245 g/mol. The molecule has 1 atom stereocenters. The number of pyridine rings is 1. The van der Waals surface area contributed by atoms with Gasteiger partial charge in [-0.25, -0.2) is 0 Å². The summed E-state index contributed by atoms with van der Waals surface area (Å²) in [6.07, 6.45) is 1.86. The van der Waals surface area contributed by atoms with Crippen molar-refractivity contribution in [1.29, 1.82) is 0 Å². The Morgan fingerprint density at radius 1 is 1.44 bits per heavy atom. The topological polar surface area (TPSA) is 28.2 Å². The van der Waals surface area contributed by atoms with Crippen molar-refractivity contribution in [3.63, 3.8) is 0 Å². The normalized spacial score (nSPS) is 20.7. The molecule has 1 aliphatic heterocycles. The smallest absolute Gasteiger partial charge is 0.0543 e. The third-order valence-electron chi connectivity index (χ3n) is 2.56. The Kier molecular flexibility index (Phi) is 7.68. The molecule has 2 rings (SSSR count). The maximum atomic E-state index is 4.34. The second kappa shape index (κ2) is 7.85. The van der Waals surface area contributed by atoms with E-state index < -0.39 is 0 Å². The largest absolute Gasteiger partial charge is 0.312 e. The number of nitrogens with zero attached hydrogens (tertiary/aromatic N) is 2. The van der Waals surface area contributed by atoms with Gasteiger partial charge in [0, 0.05) is 38.4 Å². The van der Waals surface area contributed by atoms with Crippen molar-refractivity contribution in [1.82, 2.24) is 15.2 Å². The molecular formula is C11H19Cl2N3. The van der Waals surface area contributed by atoms with Crippen LogP contribution in [0.2, 0.25) is 0 Å². The second-order valence-corrected chi connectivity index (χ2v) is 3.91. The summed E-state index contributed by atoms with van der Waals surface area (Å²) in [6.45, 7) is 6.54. The van der Waals surface area contributed by atoms with Crippen LogP contribution >= 0.6 is 24.8 Å². The fourth-order valence-electron chi connectivity index (χ4n) is 1.88. The van der Waals surface area contributed by atoms with Gasteiger partial charge in [0.1, 0.15) is 0 Å². The number of hydrogen-bond donors (Lipinski definition) is 1. The molecule has 3 nitrogen and oxygen atoms in total. The van der Waals surface area contributed by atoms with E-state index in [2.05, 4.69) is 28.2 Å². The molecule has 0 bridgehead atoms. The minimum absolute atomic E-state index is 0. The molecule has 0 aromatic carbocycles. The lowest BCUT2D eigenvalue weighted by molar-refractivity contribution is 0.197. The van der Waals surface area contributed by atoms with E-state index in [1.807, 2.05) is 18.3 Å². The highest BCUT2D eigenvalue weighted by molar-refractivity contribution is 5.85. The molecule has 2 heterocycles. The summed E-state index contributed by atoms with van der Waals surface area (Å²) >= 11 is 0. The molecule has 0 saturated carbocycles. The Morgan fingerprint density at radius 3 is 2.88 bits per heavy atom. The van der Waals surface area contributed by atoms with Crippen molar-refractivity contribution in [2.45, 2.75) is 19.5 Å². The fraction of sp³-hybridized carbons (Fsp3) is 0.545. The molecule has 92 valence electrons. The number of hydrogen-bond acceptors (Lipinski definition) is 3. The van der Waals surface area contributed by atoms with Crippen molar-refractivity contribution in [2.75, 3.05) is 19.6 Å². The molecule has 16 heavy (non-hydrogen) atoms. The van der Waals surface area contributed by atoms with Crippen LogP contribution in [0.3, 0.4) is 0 Å². The van der Waals surface area contributed by atoms with Crippen LogP contribution in [-0.4, -0.2) is 35.6 Å². The monoisotopic (exact) mass is 263 g/mol. The molecule has 1 saturated heterocycles. The van der Waals surface area contributed by atoms with Crippen molar-refractivity contribution < 1.29 is 0 Å². The van der Waals surface area contributed by atoms with Crippen LogP contribution in [0.15, 0.2) is 24.4 Å². The van der Waals surface area contributed by atoms with E-state index in [1.54, 1.807) is 0 Å². The van der Waals surface area contributed by atoms with Crippen molar-refractivity contribution in [3.8, 4) is 0 Å². The van der Waals surface area contributed by atoms with Crippen molar-refractivity contribution >= 4 is 24.8 Å². The summed E-state index contributed by atoms with van der Waals surface area (Å²) in [5, 5.41) is 3.44. The molecule has 1 N–H and O–H groups in total. The first kappa shape index (κ1) is 15.7. The number of nitrogens with one attached hydrogen (secondary N) is 1. The van der Waals surface area contributed by atoms with Crippen LogP contribution < -0.4 is 5.32 Å². The summed E-state index contributed by atoms with van der Waals surface area (Å²) < 4.78 is 0. The van der Waals surface area contributed by atoms with Gasteiger partial charge in [0.05, 0.1) is 5.69 Å². The first-order chi connectivity index (χ1) is 6.84. The third kappa shape index (κ3) is 4.66. The van der Waals surface area contributed by atoms with Gasteiger partial charge in [0.15, 0.2) is 0 Å². The predicted octanol–water partition coefficient (Wildman–Crippen LogP) is 1.72. The van der Waals surface area contributed by atoms with Gasteiger partial charge in [0.2, 0.25) is 0 Å². The Labute approximate surface area is 109 Å². The van der Waals surface area contributed by atoms with Gasteiger partial charge in [-0.3, -0.25) is 9.88 Å². The molecule has 0 radical (unpaired) electrons. The lowest BCUT2D eigenvalue weighted by Gasteiger charge is -2.31. The van der Waals surface area contributed by atoms with Gasteiger partial charge in [-0.1, -0.05) is 6.07 Å². The van der Waals surface area contributed by atoms with Crippen molar-refractivity contribution in [3.05, 3.63) is 30.1 Å². The standard InChI is InChI=1S/C11H17N3.2ClH/c1-10-8-14(7-6-12-10)9-11-4-2-3-5-13-11;;/h2-5,10,12H,6-9H2,1H3;2*1H. The summed E-state index contributed by atoms with van der Waals surface area (Å²) in [6, 6.07) is 6.71. The predicted molar refractivity (Wildman–Crippen MR) is 71.5 cm³/mol. The average molecular weight is 264 g/mol. The van der Waals surface area contributed by atoms with E-state index in [9.17, 15) is 0 Å². The zero-order chi connectivity index (χ0) is 9.80. The molecule has 1 unspecified atom stereocenters. The maximum Gasteiger partial charge on any atom is 0.0543 e. The second-order valence-electron chi connectivity index (χ2n) is 3.91. The van der Waals surface area contributed by atoms with Gasteiger partial charge in [0.25, 0.3) is 0 Å². The van der Waals surface area contributed by atoms with Crippen LogP contribution in [0.25, 0.3) is 0 Å². The molecule has 0 aliphatic carbocycles. The van der Waals surface area contributed by atoms with Crippen LogP contribution in [0.5, 0.6) is 0 Å². The highest BCUT2D eigenvalue weighted by Gasteiger charge is 2.15. The Morgan fingerprint density at radius 2 is 2.25 bits per heavy atom. The first-order valence-electron chi connectivity index (χ1n) is 5.20. The lowest BCUT2D eigenvalue weighted by Crippen LogP contribution is -2.48. The van der Waals surface area contributed by atoms with Crippen LogP contribution in [-0.2, 0) is 6.54 Å². The average Bonchev–Trinajstić information content (AvgIpc) is 2.19. The highest BCUT2D eigenvalue weighted by atomic mass is 35.5. The fourth-order valence-corrected chi connectivity index (χ4v) is 1.88. The van der Waals surface area contributed by atoms with E-state index in [4.69, 9.17) is 0 Å². The minimum atomic E-state index is 0. The zero-order valence-corrected chi connectivity index (χ0v) is 11.1. The van der Waals surface area contributed by atoms with E-state index in [0.29, 0.717) is 6.04 Å². The molecule has 0 spiro atoms. The first-order valence-corrected chi connectivity index (χ1v) is 5.20. The summed E-state index contributed by atoms with van der Waals surface area (Å²) in [4.78, 5) is 6.78. The molecule has 0 amide bonds. The molecule has 1 aliphatic rings. The number of halogens is 2. The van der Waals surface area contributed by atoms with Crippen LogP contribution in [0, 0.1) is 0 Å². The van der Waals surface area contributed by atoms with Gasteiger partial charge < -0.3 is 5.32 Å². The van der Waals surface area contributed by atoms with E-state index in [0.717, 1.165) is 26.2 Å². The SMILES string of the molecule is CC1CN(Cc2ccccn2)CCN1.Cl.Cl. The number of aromatic nitrogens is 1. The summed E-state index contributed by atoms with van der Waals surface area (Å²) in [5.74, 6) is 0. The zero-order valence-electron chi connectivity index (χ0n) is 9.43. The maximum absolute atomic E-state index is 4.34. The minimum Gasteiger partial charge on any atom is -0.312 e. The van der Waals surface area contributed by atoms with Gasteiger partial charge in [-0.05, 0) is 19.1 Å². The van der Waals surface area contributed by atoms with Crippen LogP contribution in [0.4, 0.5) is 0 Å². The molecule has 1 aromatic heterocycles. The Bertz CT molecular complexity index is 282. The van der Waals surface area contributed by atoms with E-state index >= 15 is 0 Å². The summed E-state index contributed by atoms with van der Waals surface area (Å²) in [7, 11) is 0. The number of rotatable bonds is 2. The Balaban J connectivity index is 0.00000112. The van der Waals surface area contributed by atoms with Gasteiger partial charge in [-0.2, -0.15) is 0 Å². The van der Waals surface area contributed by atoms with Gasteiger partial charge >= 0.3 is 0 Å². The van der Waals surface area contributed by atoms with Crippen LogP contribution in [0.1, 0.15) is 12.6 Å². The van der Waals surface area contributed by atoms with E-state index in [1.165, 1.54) is 5.69 Å². The molecule has 5 heteroatoms. The highest BCUT2D eigenvalue weighted by Crippen LogP contribution is 2.04. The van der Waals surface area contributed by atoms with Crippen molar-refractivity contribution in [2.24, 2.45) is 0 Å².